The summed E-state index contributed by atoms with van der Waals surface area (Å²) < 4.78 is 35.9. The second-order valence-electron chi connectivity index (χ2n) is 7.88. The third-order valence-corrected chi connectivity index (χ3v) is 6.75. The van der Waals surface area contributed by atoms with Crippen molar-refractivity contribution >= 4 is 23.5 Å². The standard InChI is InChI=1S/C18H20N2OS.C7H7F3N2/c19-18(21)17-12-14(10-11-20-17)13-6-8-16(9-7-13)22-15-4-2-1-3-5-15;1-11-6-3-2-5(4-12-6)7(8,9)10/h6-12,15H,1-5H2,(H2,19,21);2-4H,1H3,(H,11,12). The zero-order valence-corrected chi connectivity index (χ0v) is 19.6. The van der Waals surface area contributed by atoms with Gasteiger partial charge in [-0.25, -0.2) is 4.98 Å². The molecule has 1 fully saturated rings. The highest BCUT2D eigenvalue weighted by molar-refractivity contribution is 8.00. The number of aromatic nitrogens is 2. The fraction of sp³-hybridized carbons (Fsp3) is 0.320. The topological polar surface area (TPSA) is 80.9 Å². The lowest BCUT2D eigenvalue weighted by Gasteiger charge is -2.20. The smallest absolute Gasteiger partial charge is 0.373 e. The number of hydrogen-bond acceptors (Lipinski definition) is 5. The van der Waals surface area contributed by atoms with Gasteiger partial charge < -0.3 is 11.1 Å². The first-order valence-electron chi connectivity index (χ1n) is 11.0. The number of benzene rings is 1. The molecule has 0 unspecified atom stereocenters. The number of thioether (sulfide) groups is 1. The van der Waals surface area contributed by atoms with Crippen LogP contribution in [0.2, 0.25) is 0 Å². The lowest BCUT2D eigenvalue weighted by atomic mass is 10.0. The molecule has 2 aromatic heterocycles. The molecule has 3 aromatic rings. The molecule has 0 atom stereocenters. The van der Waals surface area contributed by atoms with Crippen molar-refractivity contribution in [3.63, 3.8) is 0 Å². The Morgan fingerprint density at radius 2 is 1.71 bits per heavy atom. The molecule has 0 radical (unpaired) electrons. The number of amides is 1. The summed E-state index contributed by atoms with van der Waals surface area (Å²) in [5, 5.41) is 3.39. The number of alkyl halides is 3. The van der Waals surface area contributed by atoms with E-state index in [2.05, 4.69) is 39.6 Å². The monoisotopic (exact) mass is 488 g/mol. The van der Waals surface area contributed by atoms with E-state index in [0.717, 1.165) is 28.6 Å². The van der Waals surface area contributed by atoms with E-state index in [1.165, 1.54) is 43.1 Å². The minimum Gasteiger partial charge on any atom is -0.373 e. The van der Waals surface area contributed by atoms with Crippen LogP contribution in [0.5, 0.6) is 0 Å². The lowest BCUT2D eigenvalue weighted by molar-refractivity contribution is -0.137. The van der Waals surface area contributed by atoms with Crippen LogP contribution in [0.3, 0.4) is 0 Å². The van der Waals surface area contributed by atoms with Crippen LogP contribution in [-0.4, -0.2) is 28.2 Å². The van der Waals surface area contributed by atoms with Crippen LogP contribution < -0.4 is 11.1 Å². The molecule has 1 aliphatic carbocycles. The maximum Gasteiger partial charge on any atom is 0.417 e. The average Bonchev–Trinajstić information content (AvgIpc) is 2.85. The quantitative estimate of drug-likeness (QED) is 0.433. The van der Waals surface area contributed by atoms with E-state index in [0.29, 0.717) is 11.5 Å². The normalized spacial score (nSPS) is 14.1. The van der Waals surface area contributed by atoms with Crippen LogP contribution in [0.15, 0.2) is 65.8 Å². The molecule has 4 rings (SSSR count). The SMILES string of the molecule is CNc1ccc(C(F)(F)F)cn1.NC(=O)c1cc(-c2ccc(SC3CCCCC3)cc2)ccn1. The first-order chi connectivity index (χ1) is 16.3. The number of nitrogens with zero attached hydrogens (tertiary/aromatic N) is 2. The fourth-order valence-corrected chi connectivity index (χ4v) is 4.80. The van der Waals surface area contributed by atoms with Gasteiger partial charge in [-0.2, -0.15) is 13.2 Å². The molecule has 0 saturated heterocycles. The molecule has 9 heteroatoms. The van der Waals surface area contributed by atoms with Gasteiger partial charge in [-0.15, -0.1) is 11.8 Å². The summed E-state index contributed by atoms with van der Waals surface area (Å²) in [7, 11) is 1.59. The van der Waals surface area contributed by atoms with E-state index < -0.39 is 17.6 Å². The van der Waals surface area contributed by atoms with Gasteiger partial charge in [0.1, 0.15) is 11.5 Å². The van der Waals surface area contributed by atoms with Crippen molar-refractivity contribution in [2.24, 2.45) is 5.73 Å². The summed E-state index contributed by atoms with van der Waals surface area (Å²) >= 11 is 1.99. The Hall–Kier alpha value is -3.07. The van der Waals surface area contributed by atoms with Crippen molar-refractivity contribution in [2.45, 2.75) is 48.4 Å². The van der Waals surface area contributed by atoms with E-state index in [1.54, 1.807) is 19.3 Å². The van der Waals surface area contributed by atoms with E-state index in [1.807, 2.05) is 17.8 Å². The minimum atomic E-state index is -4.31. The second-order valence-corrected chi connectivity index (χ2v) is 9.25. The molecule has 1 saturated carbocycles. The van der Waals surface area contributed by atoms with Gasteiger partial charge in [0.25, 0.3) is 5.91 Å². The minimum absolute atomic E-state index is 0.304. The van der Waals surface area contributed by atoms with Crippen molar-refractivity contribution in [3.05, 3.63) is 72.2 Å². The summed E-state index contributed by atoms with van der Waals surface area (Å²) in [5.74, 6) is -0.0747. The molecule has 1 aromatic carbocycles. The molecule has 180 valence electrons. The number of anilines is 1. The molecule has 0 aliphatic heterocycles. The maximum atomic E-state index is 12.0. The molecule has 1 amide bonds. The third-order valence-electron chi connectivity index (χ3n) is 5.40. The molecular weight excluding hydrogens is 461 g/mol. The number of pyridine rings is 2. The summed E-state index contributed by atoms with van der Waals surface area (Å²) in [6.45, 7) is 0. The molecule has 3 N–H and O–H groups in total. The number of carbonyl (C=O) groups excluding carboxylic acids is 1. The van der Waals surface area contributed by atoms with Crippen molar-refractivity contribution in [2.75, 3.05) is 12.4 Å². The first-order valence-corrected chi connectivity index (χ1v) is 11.9. The molecule has 0 spiro atoms. The summed E-state index contributed by atoms with van der Waals surface area (Å²) in [6.07, 6.45) is 4.90. The van der Waals surface area contributed by atoms with Gasteiger partial charge in [0.2, 0.25) is 0 Å². The van der Waals surface area contributed by atoms with Gasteiger partial charge in [-0.3, -0.25) is 9.78 Å². The predicted octanol–water partition coefficient (Wildman–Crippen LogP) is 6.41. The number of hydrogen-bond donors (Lipinski definition) is 2. The lowest BCUT2D eigenvalue weighted by Crippen LogP contribution is -2.12. The number of carbonyl (C=O) groups is 1. The highest BCUT2D eigenvalue weighted by Crippen LogP contribution is 2.34. The fourth-order valence-electron chi connectivity index (χ4n) is 3.56. The van der Waals surface area contributed by atoms with E-state index in [9.17, 15) is 18.0 Å². The van der Waals surface area contributed by atoms with Crippen molar-refractivity contribution in [1.82, 2.24) is 9.97 Å². The summed E-state index contributed by atoms with van der Waals surface area (Å²) in [4.78, 5) is 20.0. The molecule has 2 heterocycles. The van der Waals surface area contributed by atoms with Crippen LogP contribution >= 0.6 is 11.8 Å². The van der Waals surface area contributed by atoms with Crippen molar-refractivity contribution in [3.8, 4) is 11.1 Å². The largest absolute Gasteiger partial charge is 0.417 e. The predicted molar refractivity (Wildman–Crippen MR) is 130 cm³/mol. The zero-order valence-electron chi connectivity index (χ0n) is 18.8. The Kier molecular flexibility index (Phi) is 8.92. The van der Waals surface area contributed by atoms with Gasteiger partial charge >= 0.3 is 6.18 Å². The summed E-state index contributed by atoms with van der Waals surface area (Å²) in [6, 6.07) is 14.4. The molecule has 0 bridgehead atoms. The molecular formula is C25H27F3N4OS. The summed E-state index contributed by atoms with van der Waals surface area (Å²) in [5.41, 5.74) is 6.91. The third kappa shape index (κ3) is 7.48. The first kappa shape index (κ1) is 25.6. The molecule has 34 heavy (non-hydrogen) atoms. The van der Waals surface area contributed by atoms with Gasteiger partial charge in [0.15, 0.2) is 0 Å². The average molecular weight is 489 g/mol. The number of nitrogens with one attached hydrogen (secondary N) is 1. The zero-order chi connectivity index (χ0) is 24.6. The Morgan fingerprint density at radius 1 is 1.00 bits per heavy atom. The number of rotatable bonds is 5. The van der Waals surface area contributed by atoms with E-state index >= 15 is 0 Å². The number of nitrogens with two attached hydrogens (primary N) is 1. The van der Waals surface area contributed by atoms with Crippen LogP contribution in [-0.2, 0) is 6.18 Å². The van der Waals surface area contributed by atoms with Crippen LogP contribution in [0.4, 0.5) is 19.0 Å². The van der Waals surface area contributed by atoms with Gasteiger partial charge in [0, 0.05) is 29.6 Å². The van der Waals surface area contributed by atoms with Gasteiger partial charge in [-0.05, 0) is 60.4 Å². The Balaban J connectivity index is 0.000000229. The maximum absolute atomic E-state index is 12.0. The highest BCUT2D eigenvalue weighted by atomic mass is 32.2. The van der Waals surface area contributed by atoms with E-state index in [4.69, 9.17) is 5.73 Å². The Labute approximate surface area is 201 Å². The van der Waals surface area contributed by atoms with Gasteiger partial charge in [0.05, 0.1) is 5.56 Å². The molecule has 1 aliphatic rings. The van der Waals surface area contributed by atoms with Crippen LogP contribution in [0.1, 0.15) is 48.2 Å². The van der Waals surface area contributed by atoms with Crippen LogP contribution in [0.25, 0.3) is 11.1 Å². The highest BCUT2D eigenvalue weighted by Gasteiger charge is 2.30. The Morgan fingerprint density at radius 3 is 2.26 bits per heavy atom. The van der Waals surface area contributed by atoms with Crippen LogP contribution in [0, 0.1) is 0 Å². The number of halogens is 3. The Bertz CT molecular complexity index is 1070. The van der Waals surface area contributed by atoms with E-state index in [-0.39, 0.29) is 0 Å². The van der Waals surface area contributed by atoms with Crippen molar-refractivity contribution in [1.29, 1.82) is 0 Å². The molecule has 5 nitrogen and oxygen atoms in total. The van der Waals surface area contributed by atoms with Crippen molar-refractivity contribution < 1.29 is 18.0 Å². The van der Waals surface area contributed by atoms with Gasteiger partial charge in [-0.1, -0.05) is 31.4 Å². The number of primary amides is 1. The second kappa shape index (κ2) is 11.9.